The number of nitrogens with zero attached hydrogens (tertiary/aromatic N) is 2. The van der Waals surface area contributed by atoms with Crippen LogP contribution in [0, 0.1) is 11.7 Å². The highest BCUT2D eigenvalue weighted by molar-refractivity contribution is 8.03. The van der Waals surface area contributed by atoms with Crippen LogP contribution in [0.2, 0.25) is 0 Å². The number of aromatic nitrogens is 1. The number of urea groups is 1. The molecule has 0 bridgehead atoms. The number of nitrogens with one attached hydrogen (secondary N) is 1. The molecule has 1 fully saturated rings. The van der Waals surface area contributed by atoms with Gasteiger partial charge in [0.1, 0.15) is 10.5 Å². The maximum atomic E-state index is 14.8. The van der Waals surface area contributed by atoms with E-state index >= 15 is 0 Å². The highest BCUT2D eigenvalue weighted by atomic mass is 32.2. The van der Waals surface area contributed by atoms with E-state index in [9.17, 15) is 19.1 Å². The van der Waals surface area contributed by atoms with Crippen molar-refractivity contribution in [2.75, 3.05) is 23.9 Å². The van der Waals surface area contributed by atoms with Crippen molar-refractivity contribution in [1.29, 1.82) is 0 Å². The van der Waals surface area contributed by atoms with Crippen LogP contribution in [0.3, 0.4) is 0 Å². The number of hydrogen-bond acceptors (Lipinski definition) is 6. The Morgan fingerprint density at radius 2 is 2.10 bits per heavy atom. The number of benzene rings is 1. The molecule has 2 amide bonds. The van der Waals surface area contributed by atoms with Gasteiger partial charge in [0, 0.05) is 12.6 Å². The van der Waals surface area contributed by atoms with Crippen LogP contribution in [-0.4, -0.2) is 40.5 Å². The van der Waals surface area contributed by atoms with Crippen molar-refractivity contribution in [1.82, 2.24) is 4.98 Å². The van der Waals surface area contributed by atoms with E-state index in [2.05, 4.69) is 10.3 Å². The van der Waals surface area contributed by atoms with Crippen LogP contribution < -0.4 is 15.0 Å². The summed E-state index contributed by atoms with van der Waals surface area (Å²) in [5.41, 5.74) is 0.184. The molecular formula is C21H26FN3O4S2. The van der Waals surface area contributed by atoms with Gasteiger partial charge in [-0.25, -0.2) is 14.2 Å². The Kier molecular flexibility index (Phi) is 7.42. The number of hydrogen-bond donors (Lipinski definition) is 2. The number of amides is 2. The molecule has 10 heteroatoms. The van der Waals surface area contributed by atoms with Crippen molar-refractivity contribution in [2.45, 2.75) is 48.5 Å². The molecule has 2 aromatic rings. The van der Waals surface area contributed by atoms with Gasteiger partial charge in [-0.2, -0.15) is 0 Å². The molecule has 0 aliphatic heterocycles. The van der Waals surface area contributed by atoms with Gasteiger partial charge >= 0.3 is 12.0 Å². The molecule has 0 unspecified atom stereocenters. The van der Waals surface area contributed by atoms with E-state index in [0.29, 0.717) is 27.6 Å². The zero-order valence-corrected chi connectivity index (χ0v) is 19.3. The third kappa shape index (κ3) is 5.88. The van der Waals surface area contributed by atoms with Gasteiger partial charge < -0.3 is 9.84 Å². The predicted molar refractivity (Wildman–Crippen MR) is 121 cm³/mol. The van der Waals surface area contributed by atoms with Crippen LogP contribution in [0.4, 0.5) is 20.0 Å². The Morgan fingerprint density at radius 1 is 1.39 bits per heavy atom. The van der Waals surface area contributed by atoms with Gasteiger partial charge in [0.25, 0.3) is 0 Å². The first-order valence-electron chi connectivity index (χ1n) is 10.00. The van der Waals surface area contributed by atoms with E-state index in [-0.39, 0.29) is 5.69 Å². The van der Waals surface area contributed by atoms with Gasteiger partial charge in [-0.1, -0.05) is 35.9 Å². The van der Waals surface area contributed by atoms with Crippen molar-refractivity contribution in [3.63, 3.8) is 0 Å². The number of carboxylic acid groups (broad SMARTS) is 1. The van der Waals surface area contributed by atoms with Crippen molar-refractivity contribution in [3.8, 4) is 5.75 Å². The molecule has 1 aliphatic rings. The number of rotatable bonds is 8. The minimum atomic E-state index is -1.02. The van der Waals surface area contributed by atoms with Gasteiger partial charge in [-0.05, 0) is 44.7 Å². The minimum Gasteiger partial charge on any atom is -0.497 e. The van der Waals surface area contributed by atoms with E-state index in [4.69, 9.17) is 4.74 Å². The Morgan fingerprint density at radius 3 is 2.71 bits per heavy atom. The van der Waals surface area contributed by atoms with Crippen LogP contribution >= 0.6 is 23.1 Å². The highest BCUT2D eigenvalue weighted by Gasteiger charge is 2.30. The number of halogens is 1. The lowest BCUT2D eigenvalue weighted by Crippen LogP contribution is -2.38. The van der Waals surface area contributed by atoms with Crippen LogP contribution in [-0.2, 0) is 4.79 Å². The first-order valence-corrected chi connectivity index (χ1v) is 11.6. The summed E-state index contributed by atoms with van der Waals surface area (Å²) in [6, 6.07) is 3.95. The average molecular weight is 468 g/mol. The summed E-state index contributed by atoms with van der Waals surface area (Å²) >= 11 is 2.34. The molecular weight excluding hydrogens is 441 g/mol. The summed E-state index contributed by atoms with van der Waals surface area (Å²) in [5.74, 6) is -0.781. The number of anilines is 2. The fourth-order valence-electron chi connectivity index (χ4n) is 3.39. The fourth-order valence-corrected chi connectivity index (χ4v) is 5.66. The molecule has 0 atom stereocenters. The number of methoxy groups -OCH3 is 1. The Labute approximate surface area is 189 Å². The van der Waals surface area contributed by atoms with Gasteiger partial charge in [0.15, 0.2) is 10.9 Å². The van der Waals surface area contributed by atoms with Gasteiger partial charge in [0.05, 0.1) is 23.2 Å². The van der Waals surface area contributed by atoms with Crippen LogP contribution in [0.1, 0.15) is 39.5 Å². The second-order valence-electron chi connectivity index (χ2n) is 7.91. The lowest BCUT2D eigenvalue weighted by atomic mass is 10.1. The van der Waals surface area contributed by atoms with Crippen molar-refractivity contribution >= 4 is 45.9 Å². The standard InChI is InChI=1S/C21H26FN3O4S2/c1-21(2,18(26)27)31-17-11-23-19(30-17)24-20(28)25(12-13-6-4-5-7-13)16-9-8-14(29-3)10-15(16)22/h8-11,13H,4-7,12H2,1-3H3,(H,26,27)(H,23,24,28). The molecule has 1 saturated carbocycles. The number of aliphatic carboxylic acids is 1. The first kappa shape index (κ1) is 23.3. The van der Waals surface area contributed by atoms with Crippen LogP contribution in [0.25, 0.3) is 0 Å². The first-order chi connectivity index (χ1) is 14.7. The van der Waals surface area contributed by atoms with E-state index in [1.165, 1.54) is 35.6 Å². The zero-order valence-electron chi connectivity index (χ0n) is 17.7. The predicted octanol–water partition coefficient (Wildman–Crippen LogP) is 5.47. The largest absolute Gasteiger partial charge is 0.497 e. The summed E-state index contributed by atoms with van der Waals surface area (Å²) in [6.45, 7) is 3.62. The molecule has 1 heterocycles. The third-order valence-electron chi connectivity index (χ3n) is 5.18. The molecule has 0 spiro atoms. The van der Waals surface area contributed by atoms with Crippen molar-refractivity contribution in [2.24, 2.45) is 5.92 Å². The molecule has 7 nitrogen and oxygen atoms in total. The smallest absolute Gasteiger partial charge is 0.328 e. The number of carboxylic acids is 1. The van der Waals surface area contributed by atoms with Crippen LogP contribution in [0.15, 0.2) is 28.6 Å². The third-order valence-corrected chi connectivity index (χ3v) is 7.37. The summed E-state index contributed by atoms with van der Waals surface area (Å²) in [4.78, 5) is 30.0. The quantitative estimate of drug-likeness (QED) is 0.500. The fraction of sp³-hybridized carbons (Fsp3) is 0.476. The molecule has 1 aromatic heterocycles. The molecule has 2 N–H and O–H groups in total. The lowest BCUT2D eigenvalue weighted by Gasteiger charge is -2.26. The van der Waals surface area contributed by atoms with Gasteiger partial charge in [-0.3, -0.25) is 15.0 Å². The number of carbonyl (C=O) groups is 2. The number of ether oxygens (including phenoxy) is 1. The van der Waals surface area contributed by atoms with E-state index in [1.807, 2.05) is 0 Å². The monoisotopic (exact) mass is 467 g/mol. The van der Waals surface area contributed by atoms with E-state index < -0.39 is 22.6 Å². The zero-order chi connectivity index (χ0) is 22.6. The molecule has 1 aromatic carbocycles. The van der Waals surface area contributed by atoms with Crippen LogP contribution in [0.5, 0.6) is 5.75 Å². The van der Waals surface area contributed by atoms with Crippen molar-refractivity contribution < 1.29 is 23.8 Å². The Bertz CT molecular complexity index is 944. The second kappa shape index (κ2) is 9.86. The Balaban J connectivity index is 1.78. The van der Waals surface area contributed by atoms with E-state index in [0.717, 1.165) is 37.4 Å². The van der Waals surface area contributed by atoms with E-state index in [1.54, 1.807) is 26.0 Å². The highest BCUT2D eigenvalue weighted by Crippen LogP contribution is 2.38. The summed E-state index contributed by atoms with van der Waals surface area (Å²) < 4.78 is 19.5. The van der Waals surface area contributed by atoms with Gasteiger partial charge in [-0.15, -0.1) is 0 Å². The molecule has 3 rings (SSSR count). The minimum absolute atomic E-state index is 0.184. The normalized spacial score (nSPS) is 14.5. The number of thioether (sulfide) groups is 1. The maximum Gasteiger partial charge on any atom is 0.328 e. The molecule has 0 radical (unpaired) electrons. The Hall–Kier alpha value is -2.33. The summed E-state index contributed by atoms with van der Waals surface area (Å²) in [6.07, 6.45) is 5.76. The lowest BCUT2D eigenvalue weighted by molar-refractivity contribution is -0.138. The summed E-state index contributed by atoms with van der Waals surface area (Å²) in [7, 11) is 1.46. The van der Waals surface area contributed by atoms with Crippen molar-refractivity contribution in [3.05, 3.63) is 30.2 Å². The maximum absolute atomic E-state index is 14.8. The average Bonchev–Trinajstić information content (AvgIpc) is 3.38. The number of carbonyl (C=O) groups excluding carboxylic acids is 1. The molecule has 0 saturated heterocycles. The van der Waals surface area contributed by atoms with Gasteiger partial charge in [0.2, 0.25) is 0 Å². The number of thiazole rings is 1. The molecule has 31 heavy (non-hydrogen) atoms. The molecule has 168 valence electrons. The summed E-state index contributed by atoms with van der Waals surface area (Å²) in [5, 5.41) is 12.4. The SMILES string of the molecule is COc1ccc(N(CC2CCCC2)C(=O)Nc2ncc(SC(C)(C)C(=O)O)s2)c(F)c1. The molecule has 1 aliphatic carbocycles. The topological polar surface area (TPSA) is 91.8 Å². The second-order valence-corrected chi connectivity index (χ2v) is 10.9.